The summed E-state index contributed by atoms with van der Waals surface area (Å²) in [4.78, 5) is 24.9. The summed E-state index contributed by atoms with van der Waals surface area (Å²) in [5, 5.41) is 5.55. The lowest BCUT2D eigenvalue weighted by atomic mass is 10.1. The molecule has 2 N–H and O–H groups in total. The Labute approximate surface area is 191 Å². The van der Waals surface area contributed by atoms with E-state index in [1.54, 1.807) is 36.4 Å². The summed E-state index contributed by atoms with van der Waals surface area (Å²) in [6.45, 7) is 0.600. The molecule has 9 heteroatoms. The number of hydrogen-bond acceptors (Lipinski definition) is 4. The highest BCUT2D eigenvalue weighted by molar-refractivity contribution is 7.92. The van der Waals surface area contributed by atoms with Crippen LogP contribution in [0.3, 0.4) is 0 Å². The van der Waals surface area contributed by atoms with Crippen molar-refractivity contribution < 1.29 is 22.4 Å². The van der Waals surface area contributed by atoms with E-state index in [0.29, 0.717) is 29.9 Å². The van der Waals surface area contributed by atoms with E-state index in [4.69, 9.17) is 0 Å². The lowest BCUT2D eigenvalue weighted by Crippen LogP contribution is -2.27. The van der Waals surface area contributed by atoms with Crippen molar-refractivity contribution in [1.29, 1.82) is 0 Å². The smallest absolute Gasteiger partial charge is 0.255 e. The Hall–Kier alpha value is -3.72. The fourth-order valence-electron chi connectivity index (χ4n) is 3.73. The van der Waals surface area contributed by atoms with E-state index in [1.807, 2.05) is 6.07 Å². The summed E-state index contributed by atoms with van der Waals surface area (Å²) < 4.78 is 38.4. The summed E-state index contributed by atoms with van der Waals surface area (Å²) in [7, 11) is -3.34. The topological polar surface area (TPSA) is 95.6 Å². The van der Waals surface area contributed by atoms with Gasteiger partial charge in [0.2, 0.25) is 10.0 Å². The molecule has 4 rings (SSSR count). The molecule has 3 aromatic rings. The SMILES string of the molecule is CS(=O)(=O)N1CCc2cc(C(=O)NCc3cccc(NC(=O)c4cccc(F)c4)c3)ccc21. The number of anilines is 2. The first-order chi connectivity index (χ1) is 15.7. The predicted molar refractivity (Wildman–Crippen MR) is 124 cm³/mol. The minimum absolute atomic E-state index is 0.208. The second-order valence-electron chi connectivity index (χ2n) is 7.78. The van der Waals surface area contributed by atoms with Gasteiger partial charge in [0.25, 0.3) is 11.8 Å². The summed E-state index contributed by atoms with van der Waals surface area (Å²) in [6.07, 6.45) is 1.72. The van der Waals surface area contributed by atoms with Gasteiger partial charge in [0.15, 0.2) is 0 Å². The van der Waals surface area contributed by atoms with Gasteiger partial charge in [-0.2, -0.15) is 0 Å². The zero-order valence-corrected chi connectivity index (χ0v) is 18.7. The molecule has 0 saturated heterocycles. The molecule has 2 amide bonds. The lowest BCUT2D eigenvalue weighted by molar-refractivity contribution is 0.0950. The number of carbonyl (C=O) groups excluding carboxylic acids is 2. The minimum Gasteiger partial charge on any atom is -0.348 e. The van der Waals surface area contributed by atoms with Crippen LogP contribution >= 0.6 is 0 Å². The van der Waals surface area contributed by atoms with E-state index in [1.165, 1.54) is 22.5 Å². The van der Waals surface area contributed by atoms with Crippen LogP contribution in [0.15, 0.2) is 66.7 Å². The maximum absolute atomic E-state index is 13.3. The third kappa shape index (κ3) is 5.20. The van der Waals surface area contributed by atoms with Crippen molar-refractivity contribution in [3.8, 4) is 0 Å². The van der Waals surface area contributed by atoms with E-state index in [2.05, 4.69) is 10.6 Å². The van der Waals surface area contributed by atoms with Gasteiger partial charge in [-0.1, -0.05) is 18.2 Å². The molecular formula is C24H22FN3O4S. The number of nitrogens with zero attached hydrogens (tertiary/aromatic N) is 1. The number of rotatable bonds is 6. The summed E-state index contributed by atoms with van der Waals surface area (Å²) >= 11 is 0. The Morgan fingerprint density at radius 1 is 0.970 bits per heavy atom. The minimum atomic E-state index is -3.34. The quantitative estimate of drug-likeness (QED) is 0.581. The average molecular weight is 468 g/mol. The second-order valence-corrected chi connectivity index (χ2v) is 9.68. The first kappa shape index (κ1) is 22.5. The highest BCUT2D eigenvalue weighted by Gasteiger charge is 2.26. The maximum atomic E-state index is 13.3. The van der Waals surface area contributed by atoms with Gasteiger partial charge >= 0.3 is 0 Å². The highest BCUT2D eigenvalue weighted by atomic mass is 32.2. The number of halogens is 1. The molecule has 7 nitrogen and oxygen atoms in total. The van der Waals surface area contributed by atoms with Gasteiger partial charge in [0.05, 0.1) is 11.9 Å². The van der Waals surface area contributed by atoms with E-state index < -0.39 is 21.7 Å². The van der Waals surface area contributed by atoms with Gasteiger partial charge in [0, 0.05) is 29.9 Å². The van der Waals surface area contributed by atoms with Gasteiger partial charge in [-0.15, -0.1) is 0 Å². The number of amides is 2. The van der Waals surface area contributed by atoms with Crippen molar-refractivity contribution in [2.75, 3.05) is 22.4 Å². The third-order valence-electron chi connectivity index (χ3n) is 5.32. The van der Waals surface area contributed by atoms with E-state index in [-0.39, 0.29) is 18.0 Å². The molecule has 0 saturated carbocycles. The van der Waals surface area contributed by atoms with Crippen LogP contribution in [0.5, 0.6) is 0 Å². The normalized spacial score (nSPS) is 12.8. The standard InChI is InChI=1S/C24H22FN3O4S/c1-33(31,32)28-11-10-17-13-19(8-9-22(17)28)23(29)26-15-16-4-2-7-21(12-16)27-24(30)18-5-3-6-20(25)14-18/h2-9,12-14H,10-11,15H2,1H3,(H,26,29)(H,27,30). The first-order valence-corrected chi connectivity index (χ1v) is 12.1. The zero-order valence-electron chi connectivity index (χ0n) is 17.8. The first-order valence-electron chi connectivity index (χ1n) is 10.3. The fourth-order valence-corrected chi connectivity index (χ4v) is 4.69. The molecule has 0 unspecified atom stereocenters. The number of benzene rings is 3. The van der Waals surface area contributed by atoms with Crippen LogP contribution in [0.1, 0.15) is 31.8 Å². The van der Waals surface area contributed by atoms with Crippen molar-refractivity contribution in [2.24, 2.45) is 0 Å². The molecule has 0 bridgehead atoms. The van der Waals surface area contributed by atoms with Crippen LogP contribution in [0.4, 0.5) is 15.8 Å². The van der Waals surface area contributed by atoms with Crippen molar-refractivity contribution in [3.05, 3.63) is 94.8 Å². The Bertz CT molecular complexity index is 1340. The number of hydrogen-bond donors (Lipinski definition) is 2. The van der Waals surface area contributed by atoms with Gasteiger partial charge in [-0.25, -0.2) is 12.8 Å². The van der Waals surface area contributed by atoms with Crippen molar-refractivity contribution >= 4 is 33.2 Å². The molecule has 0 atom stereocenters. The molecule has 170 valence electrons. The monoisotopic (exact) mass is 467 g/mol. The highest BCUT2D eigenvalue weighted by Crippen LogP contribution is 2.30. The van der Waals surface area contributed by atoms with E-state index in [9.17, 15) is 22.4 Å². The van der Waals surface area contributed by atoms with Crippen LogP contribution in [0.2, 0.25) is 0 Å². The molecule has 0 spiro atoms. The molecule has 0 aromatic heterocycles. The summed E-state index contributed by atoms with van der Waals surface area (Å²) in [5.74, 6) is -1.21. The number of fused-ring (bicyclic) bond motifs is 1. The molecule has 0 radical (unpaired) electrons. The molecule has 33 heavy (non-hydrogen) atoms. The zero-order chi connectivity index (χ0) is 23.6. The van der Waals surface area contributed by atoms with Crippen LogP contribution in [-0.4, -0.2) is 33.0 Å². The Morgan fingerprint density at radius 3 is 2.48 bits per heavy atom. The summed E-state index contributed by atoms with van der Waals surface area (Å²) in [5.41, 5.74) is 3.37. The predicted octanol–water partition coefficient (Wildman–Crippen LogP) is 3.33. The summed E-state index contributed by atoms with van der Waals surface area (Å²) in [6, 6.07) is 17.4. The lowest BCUT2D eigenvalue weighted by Gasteiger charge is -2.16. The van der Waals surface area contributed by atoms with Crippen LogP contribution in [0.25, 0.3) is 0 Å². The number of carbonyl (C=O) groups is 2. The van der Waals surface area contributed by atoms with Gasteiger partial charge < -0.3 is 10.6 Å². The molecule has 1 aliphatic heterocycles. The van der Waals surface area contributed by atoms with Crippen molar-refractivity contribution in [3.63, 3.8) is 0 Å². The third-order valence-corrected chi connectivity index (χ3v) is 6.50. The fraction of sp³-hybridized carbons (Fsp3) is 0.167. The Kier molecular flexibility index (Phi) is 6.15. The van der Waals surface area contributed by atoms with Gasteiger partial charge in [-0.3, -0.25) is 13.9 Å². The maximum Gasteiger partial charge on any atom is 0.255 e. The van der Waals surface area contributed by atoms with Crippen molar-refractivity contribution in [2.45, 2.75) is 13.0 Å². The van der Waals surface area contributed by atoms with Crippen molar-refractivity contribution in [1.82, 2.24) is 5.32 Å². The molecule has 3 aromatic carbocycles. The average Bonchev–Trinajstić information content (AvgIpc) is 3.21. The van der Waals surface area contributed by atoms with Gasteiger partial charge in [0.1, 0.15) is 5.82 Å². The second kappa shape index (κ2) is 9.03. The van der Waals surface area contributed by atoms with Gasteiger partial charge in [-0.05, 0) is 66.1 Å². The van der Waals surface area contributed by atoms with Crippen LogP contribution in [-0.2, 0) is 23.0 Å². The number of nitrogens with one attached hydrogen (secondary N) is 2. The molecule has 1 aliphatic rings. The molecular weight excluding hydrogens is 445 g/mol. The Balaban J connectivity index is 1.40. The number of sulfonamides is 1. The molecule has 0 aliphatic carbocycles. The molecule has 1 heterocycles. The van der Waals surface area contributed by atoms with Crippen LogP contribution in [0, 0.1) is 5.82 Å². The van der Waals surface area contributed by atoms with E-state index >= 15 is 0 Å². The Morgan fingerprint density at radius 2 is 1.73 bits per heavy atom. The largest absolute Gasteiger partial charge is 0.348 e. The van der Waals surface area contributed by atoms with E-state index in [0.717, 1.165) is 23.4 Å². The van der Waals surface area contributed by atoms with Crippen LogP contribution < -0.4 is 14.9 Å². The molecule has 0 fully saturated rings.